The van der Waals surface area contributed by atoms with Crippen molar-refractivity contribution in [3.05, 3.63) is 0 Å². The molecule has 0 aliphatic carbocycles. The molecule has 2 heteroatoms. The summed E-state index contributed by atoms with van der Waals surface area (Å²) in [5.41, 5.74) is 0. The van der Waals surface area contributed by atoms with Crippen LogP contribution in [0.4, 0.5) is 0 Å². The molecule has 0 aliphatic rings. The number of ether oxygens (including phenoxy) is 1. The average Bonchev–Trinajstić information content (AvgIpc) is 2.16. The summed E-state index contributed by atoms with van der Waals surface area (Å²) in [5, 5.41) is 3.42. The minimum absolute atomic E-state index is 0.448. The molecule has 0 aromatic rings. The molecule has 0 aliphatic heterocycles. The van der Waals surface area contributed by atoms with E-state index in [1.807, 2.05) is 0 Å². The first-order valence-corrected chi connectivity index (χ1v) is 6.51. The van der Waals surface area contributed by atoms with Gasteiger partial charge in [0.05, 0.1) is 6.10 Å². The zero-order valence-corrected chi connectivity index (χ0v) is 11.0. The molecule has 1 unspecified atom stereocenters. The van der Waals surface area contributed by atoms with E-state index in [9.17, 15) is 0 Å². The van der Waals surface area contributed by atoms with Crippen molar-refractivity contribution in [2.45, 2.75) is 71.9 Å². The summed E-state index contributed by atoms with van der Waals surface area (Å²) in [6.07, 6.45) is 6.61. The van der Waals surface area contributed by atoms with Crippen molar-refractivity contribution in [1.29, 1.82) is 0 Å². The average molecular weight is 215 g/mol. The van der Waals surface area contributed by atoms with Gasteiger partial charge < -0.3 is 10.1 Å². The van der Waals surface area contributed by atoms with E-state index in [-0.39, 0.29) is 0 Å². The lowest BCUT2D eigenvalue weighted by Crippen LogP contribution is -2.23. The highest BCUT2D eigenvalue weighted by Gasteiger charge is 1.99. The van der Waals surface area contributed by atoms with Gasteiger partial charge in [0.1, 0.15) is 0 Å². The van der Waals surface area contributed by atoms with Gasteiger partial charge in [0.25, 0.3) is 0 Å². The second-order valence-corrected chi connectivity index (χ2v) is 4.64. The van der Waals surface area contributed by atoms with Crippen LogP contribution in [-0.2, 0) is 4.74 Å². The highest BCUT2D eigenvalue weighted by molar-refractivity contribution is 4.53. The second kappa shape index (κ2) is 10.4. The topological polar surface area (TPSA) is 21.3 Å². The van der Waals surface area contributed by atoms with Crippen molar-refractivity contribution in [2.75, 3.05) is 13.2 Å². The van der Waals surface area contributed by atoms with E-state index in [0.717, 1.165) is 13.2 Å². The van der Waals surface area contributed by atoms with Crippen molar-refractivity contribution in [2.24, 2.45) is 0 Å². The van der Waals surface area contributed by atoms with Crippen LogP contribution in [0.2, 0.25) is 0 Å². The molecule has 0 fully saturated rings. The second-order valence-electron chi connectivity index (χ2n) is 4.64. The van der Waals surface area contributed by atoms with Crippen LogP contribution in [0.25, 0.3) is 0 Å². The molecule has 1 atom stereocenters. The fraction of sp³-hybridized carbons (Fsp3) is 1.00. The zero-order chi connectivity index (χ0) is 11.5. The molecule has 2 nitrogen and oxygen atoms in total. The first-order chi connectivity index (χ1) is 7.16. The Hall–Kier alpha value is -0.0800. The van der Waals surface area contributed by atoms with E-state index in [1.165, 1.54) is 32.1 Å². The Labute approximate surface area is 95.8 Å². The third kappa shape index (κ3) is 11.8. The summed E-state index contributed by atoms with van der Waals surface area (Å²) in [4.78, 5) is 0. The largest absolute Gasteiger partial charge is 0.379 e. The highest BCUT2D eigenvalue weighted by atomic mass is 16.5. The molecule has 1 N–H and O–H groups in total. The summed E-state index contributed by atoms with van der Waals surface area (Å²) in [5.74, 6) is 0. The number of rotatable bonds is 10. The molecule has 0 amide bonds. The maximum absolute atomic E-state index is 5.69. The van der Waals surface area contributed by atoms with Crippen LogP contribution in [0.1, 0.15) is 59.8 Å². The number of nitrogens with one attached hydrogen (secondary N) is 1. The molecule has 0 saturated heterocycles. The molecule has 0 aromatic carbocycles. The van der Waals surface area contributed by atoms with Crippen molar-refractivity contribution < 1.29 is 4.74 Å². The molecular formula is C13H29NO. The lowest BCUT2D eigenvalue weighted by atomic mass is 10.2. The van der Waals surface area contributed by atoms with Gasteiger partial charge in [-0.3, -0.25) is 0 Å². The van der Waals surface area contributed by atoms with Crippen LogP contribution in [-0.4, -0.2) is 25.3 Å². The third-order valence-corrected chi connectivity index (χ3v) is 2.47. The molecular weight excluding hydrogens is 186 g/mol. The monoisotopic (exact) mass is 215 g/mol. The van der Waals surface area contributed by atoms with Crippen molar-refractivity contribution in [3.8, 4) is 0 Å². The Kier molecular flexibility index (Phi) is 10.4. The number of unbranched alkanes of at least 4 members (excludes halogenated alkanes) is 2. The maximum Gasteiger partial charge on any atom is 0.0546 e. The summed E-state index contributed by atoms with van der Waals surface area (Å²) < 4.78 is 5.69. The Morgan fingerprint density at radius 1 is 1.07 bits per heavy atom. The van der Waals surface area contributed by atoms with Crippen LogP contribution in [0, 0.1) is 0 Å². The van der Waals surface area contributed by atoms with Gasteiger partial charge in [0.15, 0.2) is 0 Å². The normalized spacial score (nSPS) is 13.4. The standard InChI is InChI=1S/C13H29NO/c1-5-9-13(4)15-11-8-6-7-10-14-12(2)3/h12-14H,5-11H2,1-4H3. The fourth-order valence-corrected chi connectivity index (χ4v) is 1.57. The quantitative estimate of drug-likeness (QED) is 0.564. The molecule has 15 heavy (non-hydrogen) atoms. The highest BCUT2D eigenvalue weighted by Crippen LogP contribution is 2.03. The Balaban J connectivity index is 3.04. The Morgan fingerprint density at radius 2 is 1.80 bits per heavy atom. The third-order valence-electron chi connectivity index (χ3n) is 2.47. The summed E-state index contributed by atoms with van der Waals surface area (Å²) in [6.45, 7) is 10.8. The minimum atomic E-state index is 0.448. The predicted molar refractivity (Wildman–Crippen MR) is 67.3 cm³/mol. The molecule has 0 spiro atoms. The predicted octanol–water partition coefficient (Wildman–Crippen LogP) is 3.36. The molecule has 0 saturated carbocycles. The van der Waals surface area contributed by atoms with Gasteiger partial charge in [-0.15, -0.1) is 0 Å². The van der Waals surface area contributed by atoms with Gasteiger partial charge in [-0.2, -0.15) is 0 Å². The van der Waals surface area contributed by atoms with Crippen LogP contribution in [0.3, 0.4) is 0 Å². The maximum atomic E-state index is 5.69. The zero-order valence-electron chi connectivity index (χ0n) is 11.0. The molecule has 0 aromatic heterocycles. The smallest absolute Gasteiger partial charge is 0.0546 e. The lowest BCUT2D eigenvalue weighted by molar-refractivity contribution is 0.0571. The van der Waals surface area contributed by atoms with Gasteiger partial charge in [0.2, 0.25) is 0 Å². The summed E-state index contributed by atoms with van der Waals surface area (Å²) in [6, 6.07) is 0.617. The van der Waals surface area contributed by atoms with Crippen molar-refractivity contribution >= 4 is 0 Å². The molecule has 0 heterocycles. The van der Waals surface area contributed by atoms with Gasteiger partial charge in [-0.05, 0) is 39.2 Å². The van der Waals surface area contributed by atoms with Crippen molar-refractivity contribution in [3.63, 3.8) is 0 Å². The van der Waals surface area contributed by atoms with Gasteiger partial charge >= 0.3 is 0 Å². The van der Waals surface area contributed by atoms with E-state index in [0.29, 0.717) is 12.1 Å². The van der Waals surface area contributed by atoms with Gasteiger partial charge in [0, 0.05) is 12.6 Å². The molecule has 0 rings (SSSR count). The fourth-order valence-electron chi connectivity index (χ4n) is 1.57. The Morgan fingerprint density at radius 3 is 2.40 bits per heavy atom. The SMILES string of the molecule is CCCC(C)OCCCCCNC(C)C. The number of hydrogen-bond acceptors (Lipinski definition) is 2. The van der Waals surface area contributed by atoms with Crippen LogP contribution in [0.5, 0.6) is 0 Å². The molecule has 0 radical (unpaired) electrons. The van der Waals surface area contributed by atoms with E-state index in [2.05, 4.69) is 33.0 Å². The number of hydrogen-bond donors (Lipinski definition) is 1. The minimum Gasteiger partial charge on any atom is -0.379 e. The van der Waals surface area contributed by atoms with Gasteiger partial charge in [-0.25, -0.2) is 0 Å². The van der Waals surface area contributed by atoms with E-state index >= 15 is 0 Å². The van der Waals surface area contributed by atoms with Crippen molar-refractivity contribution in [1.82, 2.24) is 5.32 Å². The summed E-state index contributed by atoms with van der Waals surface area (Å²) >= 11 is 0. The first-order valence-electron chi connectivity index (χ1n) is 6.51. The van der Waals surface area contributed by atoms with E-state index < -0.39 is 0 Å². The van der Waals surface area contributed by atoms with Gasteiger partial charge in [-0.1, -0.05) is 27.2 Å². The van der Waals surface area contributed by atoms with Crippen LogP contribution < -0.4 is 5.32 Å². The van der Waals surface area contributed by atoms with E-state index in [1.54, 1.807) is 0 Å². The molecule has 0 bridgehead atoms. The summed E-state index contributed by atoms with van der Waals surface area (Å²) in [7, 11) is 0. The van der Waals surface area contributed by atoms with Crippen LogP contribution >= 0.6 is 0 Å². The Bertz CT molecular complexity index is 126. The van der Waals surface area contributed by atoms with Crippen LogP contribution in [0.15, 0.2) is 0 Å². The first kappa shape index (κ1) is 14.9. The lowest BCUT2D eigenvalue weighted by Gasteiger charge is -2.12. The van der Waals surface area contributed by atoms with E-state index in [4.69, 9.17) is 4.74 Å². The molecule has 92 valence electrons.